The fourth-order valence-corrected chi connectivity index (χ4v) is 3.61. The first-order valence-corrected chi connectivity index (χ1v) is 9.78. The molecule has 2 aliphatic heterocycles. The van der Waals surface area contributed by atoms with Gasteiger partial charge in [-0.15, -0.1) is 0 Å². The minimum absolute atomic E-state index is 0.0512. The van der Waals surface area contributed by atoms with Crippen molar-refractivity contribution in [2.45, 2.75) is 39.3 Å². The number of hydrogen-bond acceptors (Lipinski definition) is 5. The Morgan fingerprint density at radius 3 is 2.68 bits per heavy atom. The average Bonchev–Trinajstić information content (AvgIpc) is 3.06. The molecule has 0 spiro atoms. The molecule has 0 radical (unpaired) electrons. The van der Waals surface area contributed by atoms with E-state index in [0.29, 0.717) is 44.2 Å². The first-order valence-electron chi connectivity index (χ1n) is 9.78. The quantitative estimate of drug-likeness (QED) is 0.744. The van der Waals surface area contributed by atoms with Crippen LogP contribution in [-0.2, 0) is 14.3 Å². The Balaban J connectivity index is 1.69. The molecule has 154 valence electrons. The number of cyclic esters (lactones) is 1. The molecule has 28 heavy (non-hydrogen) atoms. The van der Waals surface area contributed by atoms with Crippen molar-refractivity contribution >= 4 is 23.4 Å². The zero-order valence-corrected chi connectivity index (χ0v) is 16.7. The van der Waals surface area contributed by atoms with Gasteiger partial charge in [-0.1, -0.05) is 6.92 Å². The molecule has 7 nitrogen and oxygen atoms in total. The van der Waals surface area contributed by atoms with E-state index in [9.17, 15) is 14.0 Å². The Morgan fingerprint density at radius 1 is 1.36 bits per heavy atom. The number of carbonyl (C=O) groups is 2. The third kappa shape index (κ3) is 4.38. The van der Waals surface area contributed by atoms with E-state index in [-0.39, 0.29) is 24.3 Å². The lowest BCUT2D eigenvalue weighted by Crippen LogP contribution is -2.43. The van der Waals surface area contributed by atoms with Gasteiger partial charge in [0.05, 0.1) is 37.7 Å². The number of benzene rings is 1. The van der Waals surface area contributed by atoms with Crippen LogP contribution < -0.4 is 9.80 Å². The van der Waals surface area contributed by atoms with Gasteiger partial charge in [-0.05, 0) is 31.5 Å². The molecule has 1 aromatic rings. The zero-order valence-electron chi connectivity index (χ0n) is 16.7. The Hall–Kier alpha value is -2.35. The Bertz CT molecular complexity index is 723. The van der Waals surface area contributed by atoms with Gasteiger partial charge in [0.2, 0.25) is 5.91 Å². The molecular formula is C20H28FN3O4. The van der Waals surface area contributed by atoms with Crippen molar-refractivity contribution in [1.82, 2.24) is 4.90 Å². The van der Waals surface area contributed by atoms with Crippen LogP contribution in [0.5, 0.6) is 0 Å². The summed E-state index contributed by atoms with van der Waals surface area (Å²) in [4.78, 5) is 29.3. The van der Waals surface area contributed by atoms with Crippen LogP contribution in [0.2, 0.25) is 0 Å². The van der Waals surface area contributed by atoms with Gasteiger partial charge < -0.3 is 19.3 Å². The number of halogens is 1. The van der Waals surface area contributed by atoms with E-state index >= 15 is 0 Å². The van der Waals surface area contributed by atoms with Crippen molar-refractivity contribution in [2.24, 2.45) is 0 Å². The molecule has 2 unspecified atom stereocenters. The van der Waals surface area contributed by atoms with Crippen LogP contribution in [0.4, 0.5) is 20.6 Å². The second-order valence-electron chi connectivity index (χ2n) is 7.28. The number of nitrogens with zero attached hydrogens (tertiary/aromatic N) is 3. The lowest BCUT2D eigenvalue weighted by Gasteiger charge is -2.29. The Morgan fingerprint density at radius 2 is 2.07 bits per heavy atom. The highest BCUT2D eigenvalue weighted by molar-refractivity contribution is 5.90. The van der Waals surface area contributed by atoms with Crippen molar-refractivity contribution < 1.29 is 23.5 Å². The largest absolute Gasteiger partial charge is 0.442 e. The highest BCUT2D eigenvalue weighted by Gasteiger charge is 2.35. The van der Waals surface area contributed by atoms with Crippen LogP contribution in [0.15, 0.2) is 18.2 Å². The summed E-state index contributed by atoms with van der Waals surface area (Å²) in [6, 6.07) is 4.86. The summed E-state index contributed by atoms with van der Waals surface area (Å²) in [5, 5.41) is 0. The van der Waals surface area contributed by atoms with Crippen LogP contribution >= 0.6 is 0 Å². The Kier molecular flexibility index (Phi) is 6.39. The number of ether oxygens (including phenoxy) is 2. The Labute approximate surface area is 165 Å². The van der Waals surface area contributed by atoms with Crippen LogP contribution in [0.25, 0.3) is 0 Å². The second-order valence-corrected chi connectivity index (χ2v) is 7.28. The standard InChI is InChI=1S/C20H28FN3O4/c1-4-14(2)23(15(3)25)12-17-13-24(20(26)28-17)16-5-6-19(18(21)11-16)22-7-9-27-10-8-22/h5-6,11,14,17H,4,7-10,12-13H2,1-3H3. The molecule has 3 rings (SSSR count). The predicted molar refractivity (Wildman–Crippen MR) is 104 cm³/mol. The molecule has 0 saturated carbocycles. The monoisotopic (exact) mass is 393 g/mol. The third-order valence-electron chi connectivity index (χ3n) is 5.40. The van der Waals surface area contributed by atoms with Gasteiger partial charge in [-0.3, -0.25) is 9.69 Å². The van der Waals surface area contributed by atoms with E-state index in [1.807, 2.05) is 18.7 Å². The highest BCUT2D eigenvalue weighted by Crippen LogP contribution is 2.28. The molecule has 8 heteroatoms. The second kappa shape index (κ2) is 8.77. The molecule has 2 amide bonds. The van der Waals surface area contributed by atoms with Gasteiger partial charge in [0.15, 0.2) is 0 Å². The van der Waals surface area contributed by atoms with Crippen molar-refractivity contribution in [3.63, 3.8) is 0 Å². The molecule has 0 N–H and O–H groups in total. The number of rotatable bonds is 6. The molecule has 1 aromatic carbocycles. The molecule has 0 aliphatic carbocycles. The van der Waals surface area contributed by atoms with Crippen LogP contribution in [0, 0.1) is 5.82 Å². The number of carbonyl (C=O) groups excluding carboxylic acids is 2. The first-order chi connectivity index (χ1) is 13.4. The van der Waals surface area contributed by atoms with Crippen molar-refractivity contribution in [2.75, 3.05) is 49.2 Å². The summed E-state index contributed by atoms with van der Waals surface area (Å²) in [6.45, 7) is 8.54. The molecule has 0 bridgehead atoms. The van der Waals surface area contributed by atoms with Gasteiger partial charge in [0.25, 0.3) is 0 Å². The van der Waals surface area contributed by atoms with Crippen molar-refractivity contribution in [3.05, 3.63) is 24.0 Å². The minimum Gasteiger partial charge on any atom is -0.442 e. The summed E-state index contributed by atoms with van der Waals surface area (Å²) < 4.78 is 25.4. The maximum absolute atomic E-state index is 14.7. The summed E-state index contributed by atoms with van der Waals surface area (Å²) in [6.07, 6.45) is -0.137. The van der Waals surface area contributed by atoms with E-state index in [4.69, 9.17) is 9.47 Å². The fraction of sp³-hybridized carbons (Fsp3) is 0.600. The van der Waals surface area contributed by atoms with Crippen LogP contribution in [0.3, 0.4) is 0 Å². The van der Waals surface area contributed by atoms with Gasteiger partial charge >= 0.3 is 6.09 Å². The van der Waals surface area contributed by atoms with Crippen molar-refractivity contribution in [1.29, 1.82) is 0 Å². The molecule has 2 atom stereocenters. The van der Waals surface area contributed by atoms with E-state index in [1.54, 1.807) is 17.0 Å². The van der Waals surface area contributed by atoms with Crippen LogP contribution in [-0.4, -0.2) is 68.4 Å². The number of anilines is 2. The lowest BCUT2D eigenvalue weighted by atomic mass is 10.2. The summed E-state index contributed by atoms with van der Waals surface area (Å²) in [7, 11) is 0. The minimum atomic E-state index is -0.517. The summed E-state index contributed by atoms with van der Waals surface area (Å²) >= 11 is 0. The van der Waals surface area contributed by atoms with Gasteiger partial charge in [0, 0.05) is 26.1 Å². The SMILES string of the molecule is CCC(C)N(CC1CN(c2ccc(N3CCOCC3)c(F)c2)C(=O)O1)C(C)=O. The molecule has 0 aromatic heterocycles. The summed E-state index contributed by atoms with van der Waals surface area (Å²) in [5.74, 6) is -0.426. The zero-order chi connectivity index (χ0) is 20.3. The molecule has 2 fully saturated rings. The smallest absolute Gasteiger partial charge is 0.414 e. The van der Waals surface area contributed by atoms with E-state index < -0.39 is 12.2 Å². The highest BCUT2D eigenvalue weighted by atomic mass is 19.1. The van der Waals surface area contributed by atoms with Gasteiger partial charge in [-0.25, -0.2) is 9.18 Å². The maximum Gasteiger partial charge on any atom is 0.414 e. The van der Waals surface area contributed by atoms with Gasteiger partial charge in [-0.2, -0.15) is 0 Å². The normalized spacial score (nSPS) is 20.9. The fourth-order valence-electron chi connectivity index (χ4n) is 3.61. The molecule has 2 aliphatic rings. The number of amides is 2. The summed E-state index contributed by atoms with van der Waals surface area (Å²) in [5.41, 5.74) is 0.968. The average molecular weight is 393 g/mol. The molecule has 2 heterocycles. The topological polar surface area (TPSA) is 62.3 Å². The number of morpholine rings is 1. The van der Waals surface area contributed by atoms with Crippen LogP contribution in [0.1, 0.15) is 27.2 Å². The maximum atomic E-state index is 14.7. The van der Waals surface area contributed by atoms with Gasteiger partial charge in [0.1, 0.15) is 11.9 Å². The van der Waals surface area contributed by atoms with Crippen molar-refractivity contribution in [3.8, 4) is 0 Å². The predicted octanol–water partition coefficient (Wildman–Crippen LogP) is 2.63. The van der Waals surface area contributed by atoms with E-state index in [1.165, 1.54) is 17.9 Å². The van der Waals surface area contributed by atoms with E-state index in [2.05, 4.69) is 0 Å². The molecule has 2 saturated heterocycles. The lowest BCUT2D eigenvalue weighted by molar-refractivity contribution is -0.132. The number of hydrogen-bond donors (Lipinski definition) is 0. The third-order valence-corrected chi connectivity index (χ3v) is 5.40. The first kappa shape index (κ1) is 20.4. The van der Waals surface area contributed by atoms with E-state index in [0.717, 1.165) is 6.42 Å². The molecular weight excluding hydrogens is 365 g/mol.